The van der Waals surface area contributed by atoms with Gasteiger partial charge in [0, 0.05) is 22.6 Å². The maximum absolute atomic E-state index is 13.6. The average Bonchev–Trinajstić information content (AvgIpc) is 3.63. The highest BCUT2D eigenvalue weighted by Crippen LogP contribution is 2.41. The van der Waals surface area contributed by atoms with E-state index >= 15 is 0 Å². The van der Waals surface area contributed by atoms with Gasteiger partial charge in [-0.2, -0.15) is 0 Å². The summed E-state index contributed by atoms with van der Waals surface area (Å²) in [6.45, 7) is 5.91. The van der Waals surface area contributed by atoms with E-state index in [2.05, 4.69) is 16.8 Å². The lowest BCUT2D eigenvalue weighted by Crippen LogP contribution is -2.40. The highest BCUT2D eigenvalue weighted by Gasteiger charge is 2.49. The number of hydrogen-bond acceptors (Lipinski definition) is 7. The molecular formula is C30H35ClN4O5S. The van der Waals surface area contributed by atoms with E-state index in [1.54, 1.807) is 36.9 Å². The molecule has 2 aliphatic rings. The highest BCUT2D eigenvalue weighted by atomic mass is 35.5. The number of nitrogens with one attached hydrogen (secondary N) is 1. The van der Waals surface area contributed by atoms with Crippen molar-refractivity contribution in [1.29, 1.82) is 0 Å². The van der Waals surface area contributed by atoms with Crippen LogP contribution in [0.1, 0.15) is 68.7 Å². The lowest BCUT2D eigenvalue weighted by Gasteiger charge is -2.23. The van der Waals surface area contributed by atoms with E-state index in [0.29, 0.717) is 39.7 Å². The smallest absolute Gasteiger partial charge is 0.264 e. The number of amides is 1. The summed E-state index contributed by atoms with van der Waals surface area (Å²) in [6.07, 6.45) is 6.32. The van der Waals surface area contributed by atoms with E-state index in [1.807, 2.05) is 12.1 Å². The quantitative estimate of drug-likeness (QED) is 0.279. The maximum atomic E-state index is 13.6. The largest absolute Gasteiger partial charge is 0.497 e. The van der Waals surface area contributed by atoms with Gasteiger partial charge in [-0.05, 0) is 68.5 Å². The van der Waals surface area contributed by atoms with Crippen molar-refractivity contribution in [2.45, 2.75) is 82.7 Å². The molecule has 1 amide bonds. The fourth-order valence-electron chi connectivity index (χ4n) is 5.49. The van der Waals surface area contributed by atoms with Crippen molar-refractivity contribution < 1.29 is 22.5 Å². The summed E-state index contributed by atoms with van der Waals surface area (Å²) >= 11 is 6.80. The van der Waals surface area contributed by atoms with Gasteiger partial charge in [0.15, 0.2) is 0 Å². The minimum Gasteiger partial charge on any atom is -0.497 e. The lowest BCUT2D eigenvalue weighted by atomic mass is 9.98. The van der Waals surface area contributed by atoms with Gasteiger partial charge in [0.1, 0.15) is 17.1 Å². The molecule has 11 heteroatoms. The van der Waals surface area contributed by atoms with Gasteiger partial charge >= 0.3 is 0 Å². The molecule has 0 bridgehead atoms. The van der Waals surface area contributed by atoms with Crippen LogP contribution in [0.5, 0.6) is 5.75 Å². The predicted molar refractivity (Wildman–Crippen MR) is 159 cm³/mol. The number of aromatic nitrogens is 1. The molecule has 3 aromatic rings. The molecule has 0 saturated heterocycles. The Labute approximate surface area is 246 Å². The van der Waals surface area contributed by atoms with E-state index in [-0.39, 0.29) is 16.7 Å². The first-order valence-electron chi connectivity index (χ1n) is 13.9. The summed E-state index contributed by atoms with van der Waals surface area (Å²) in [5.41, 5.74) is 2.34. The van der Waals surface area contributed by atoms with Crippen LogP contribution < -0.4 is 9.46 Å². The number of sulfonamides is 1. The van der Waals surface area contributed by atoms with Gasteiger partial charge in [0.2, 0.25) is 5.88 Å². The first kappa shape index (κ1) is 29.1. The number of carbonyl (C=O) groups is 1. The van der Waals surface area contributed by atoms with Crippen molar-refractivity contribution in [3.8, 4) is 16.9 Å². The molecule has 0 atom stereocenters. The van der Waals surface area contributed by atoms with Crippen molar-refractivity contribution in [3.63, 3.8) is 0 Å². The molecule has 0 radical (unpaired) electrons. The number of aryl methyl sites for hydroxylation is 1. The van der Waals surface area contributed by atoms with Crippen LogP contribution in [0, 0.1) is 13.8 Å². The third kappa shape index (κ3) is 5.59. The van der Waals surface area contributed by atoms with Crippen LogP contribution >= 0.6 is 11.6 Å². The SMILES string of the molecule is CCCCC1=NC2(CCCC2)C(=O)N1Cc1ccc(-c2cc(OC)ccc2S(=O)(=O)Nc2onc(C)c2C)cc1Cl. The van der Waals surface area contributed by atoms with E-state index < -0.39 is 15.6 Å². The zero-order chi connectivity index (χ0) is 29.4. The maximum Gasteiger partial charge on any atom is 0.264 e. The number of carbonyl (C=O) groups excluding carboxylic acids is 1. The monoisotopic (exact) mass is 598 g/mol. The molecule has 2 aromatic carbocycles. The molecule has 0 unspecified atom stereocenters. The van der Waals surface area contributed by atoms with E-state index in [9.17, 15) is 13.2 Å². The number of unbranched alkanes of at least 4 members (excludes halogenated alkanes) is 1. The zero-order valence-corrected chi connectivity index (χ0v) is 25.4. The summed E-state index contributed by atoms with van der Waals surface area (Å²) in [7, 11) is -2.54. The van der Waals surface area contributed by atoms with Gasteiger partial charge in [-0.15, -0.1) is 0 Å². The van der Waals surface area contributed by atoms with Crippen LogP contribution in [0.4, 0.5) is 5.88 Å². The molecule has 1 saturated carbocycles. The van der Waals surface area contributed by atoms with Gasteiger partial charge < -0.3 is 9.26 Å². The van der Waals surface area contributed by atoms with E-state index in [0.717, 1.165) is 56.3 Å². The molecule has 5 rings (SSSR count). The second-order valence-corrected chi connectivity index (χ2v) is 12.8. The van der Waals surface area contributed by atoms with Crippen molar-refractivity contribution in [1.82, 2.24) is 10.1 Å². The number of benzene rings is 2. The zero-order valence-electron chi connectivity index (χ0n) is 23.8. The van der Waals surface area contributed by atoms with Crippen LogP contribution in [0.15, 0.2) is 50.8 Å². The van der Waals surface area contributed by atoms with Crippen molar-refractivity contribution in [2.24, 2.45) is 4.99 Å². The summed E-state index contributed by atoms with van der Waals surface area (Å²) in [4.78, 5) is 20.4. The summed E-state index contributed by atoms with van der Waals surface area (Å²) in [5.74, 6) is 1.45. The fourth-order valence-corrected chi connectivity index (χ4v) is 6.99. The van der Waals surface area contributed by atoms with Crippen molar-refractivity contribution >= 4 is 39.3 Å². The minimum absolute atomic E-state index is 0.0300. The molecule has 41 heavy (non-hydrogen) atoms. The average molecular weight is 599 g/mol. The Balaban J connectivity index is 1.47. The van der Waals surface area contributed by atoms with Crippen molar-refractivity contribution in [3.05, 3.63) is 58.2 Å². The van der Waals surface area contributed by atoms with E-state index in [4.69, 9.17) is 25.9 Å². The molecule has 1 fully saturated rings. The molecule has 1 spiro atoms. The molecule has 1 aliphatic heterocycles. The summed E-state index contributed by atoms with van der Waals surface area (Å²) in [5, 5.41) is 4.27. The van der Waals surface area contributed by atoms with Gasteiger partial charge in [-0.3, -0.25) is 14.7 Å². The first-order chi connectivity index (χ1) is 19.6. The lowest BCUT2D eigenvalue weighted by molar-refractivity contribution is -0.131. The topological polar surface area (TPSA) is 114 Å². The van der Waals surface area contributed by atoms with Crippen LogP contribution in [-0.4, -0.2) is 42.9 Å². The number of nitrogens with zero attached hydrogens (tertiary/aromatic N) is 3. The Bertz CT molecular complexity index is 1610. The van der Waals surface area contributed by atoms with Crippen LogP contribution in [0.2, 0.25) is 5.02 Å². The van der Waals surface area contributed by atoms with Gasteiger partial charge in [0.05, 0.1) is 24.2 Å². The molecule has 1 aliphatic carbocycles. The normalized spacial score (nSPS) is 16.5. The second-order valence-electron chi connectivity index (χ2n) is 10.8. The number of rotatable bonds is 10. The van der Waals surface area contributed by atoms with Gasteiger partial charge in [0.25, 0.3) is 15.9 Å². The number of amidine groups is 1. The Morgan fingerprint density at radius 1 is 1.15 bits per heavy atom. The Morgan fingerprint density at radius 2 is 1.90 bits per heavy atom. The Morgan fingerprint density at radius 3 is 2.54 bits per heavy atom. The van der Waals surface area contributed by atoms with Crippen LogP contribution in [0.25, 0.3) is 11.1 Å². The number of ether oxygens (including phenoxy) is 1. The first-order valence-corrected chi connectivity index (χ1v) is 15.8. The summed E-state index contributed by atoms with van der Waals surface area (Å²) in [6, 6.07) is 10.1. The fraction of sp³-hybridized carbons (Fsp3) is 0.433. The second kappa shape index (κ2) is 11.5. The number of halogens is 1. The molecule has 2 heterocycles. The Hall–Kier alpha value is -3.37. The Kier molecular flexibility index (Phi) is 8.16. The molecule has 218 valence electrons. The minimum atomic E-state index is -4.06. The van der Waals surface area contributed by atoms with Gasteiger partial charge in [-0.1, -0.05) is 55.1 Å². The molecule has 1 aromatic heterocycles. The number of hydrogen-bond donors (Lipinski definition) is 1. The molecular weight excluding hydrogens is 564 g/mol. The van der Waals surface area contributed by atoms with Crippen molar-refractivity contribution in [2.75, 3.05) is 11.8 Å². The van der Waals surface area contributed by atoms with Crippen LogP contribution in [-0.2, 0) is 21.4 Å². The predicted octanol–water partition coefficient (Wildman–Crippen LogP) is 6.66. The molecule has 9 nitrogen and oxygen atoms in total. The molecule has 1 N–H and O–H groups in total. The number of methoxy groups -OCH3 is 1. The number of anilines is 1. The number of aliphatic imine (C=N–C) groups is 1. The summed E-state index contributed by atoms with van der Waals surface area (Å²) < 4.78 is 40.1. The highest BCUT2D eigenvalue weighted by molar-refractivity contribution is 7.92. The van der Waals surface area contributed by atoms with Gasteiger partial charge in [-0.25, -0.2) is 13.1 Å². The third-order valence-electron chi connectivity index (χ3n) is 8.04. The van der Waals surface area contributed by atoms with E-state index in [1.165, 1.54) is 13.2 Å². The standard InChI is InChI=1S/C30H35ClN4O5S/c1-5-6-9-27-32-30(14-7-8-15-30)29(36)35(27)18-22-11-10-21(16-25(22)31)24-17-23(39-4)12-13-26(24)41(37,38)34-28-19(2)20(3)33-40-28/h10-13,16-17,34H,5-9,14-15,18H2,1-4H3. The van der Waals surface area contributed by atoms with Crippen LogP contribution in [0.3, 0.4) is 0 Å². The third-order valence-corrected chi connectivity index (χ3v) is 9.78.